The van der Waals surface area contributed by atoms with Gasteiger partial charge in [0.05, 0.1) is 11.5 Å². The molecule has 40 heavy (non-hydrogen) atoms. The van der Waals surface area contributed by atoms with Crippen molar-refractivity contribution in [2.75, 3.05) is 5.32 Å². The standard InChI is InChI=1S/C35H50N2O3/c1-21(2)28-24(38)20-35(30(40)37-22-12-18-36-19-13-22)17-16-33(6)23(29(28)35)8-9-26-32(5)14-11-27(39)31(3,4)25(32)10-15-34(26,33)7/h12-13,18-19,21,23,25-27,39H,8-11,14-17,20H2,1-7H3,(H,36,37,40)/t23-,25+,26-,27+,32+,33-,34-,35-/m1/s1. The average Bonchev–Trinajstić information content (AvgIpc) is 3.21. The van der Waals surface area contributed by atoms with Crippen molar-refractivity contribution >= 4 is 17.4 Å². The molecule has 5 aliphatic rings. The van der Waals surface area contributed by atoms with E-state index in [1.54, 1.807) is 12.4 Å². The monoisotopic (exact) mass is 546 g/mol. The Labute approximate surface area is 241 Å². The smallest absolute Gasteiger partial charge is 0.235 e. The second kappa shape index (κ2) is 8.99. The lowest BCUT2D eigenvalue weighted by molar-refractivity contribution is -0.228. The van der Waals surface area contributed by atoms with Crippen LogP contribution in [0.4, 0.5) is 5.69 Å². The summed E-state index contributed by atoms with van der Waals surface area (Å²) in [6.07, 6.45) is 11.7. The van der Waals surface area contributed by atoms with Gasteiger partial charge in [0, 0.05) is 24.5 Å². The van der Waals surface area contributed by atoms with E-state index in [0.717, 1.165) is 62.6 Å². The highest BCUT2D eigenvalue weighted by molar-refractivity contribution is 6.09. The van der Waals surface area contributed by atoms with Crippen LogP contribution < -0.4 is 5.32 Å². The van der Waals surface area contributed by atoms with E-state index in [0.29, 0.717) is 18.3 Å². The van der Waals surface area contributed by atoms with Gasteiger partial charge in [-0.3, -0.25) is 14.6 Å². The van der Waals surface area contributed by atoms with Crippen molar-refractivity contribution in [3.8, 4) is 0 Å². The molecule has 0 aromatic carbocycles. The van der Waals surface area contributed by atoms with Gasteiger partial charge in [0.25, 0.3) is 0 Å². The minimum absolute atomic E-state index is 0.00860. The van der Waals surface area contributed by atoms with Gasteiger partial charge in [-0.2, -0.15) is 0 Å². The van der Waals surface area contributed by atoms with E-state index >= 15 is 0 Å². The van der Waals surface area contributed by atoms with E-state index in [9.17, 15) is 14.7 Å². The fourth-order valence-corrected chi connectivity index (χ4v) is 11.6. The molecule has 218 valence electrons. The summed E-state index contributed by atoms with van der Waals surface area (Å²) >= 11 is 0. The average molecular weight is 547 g/mol. The second-order valence-corrected chi connectivity index (χ2v) is 15.8. The maximum Gasteiger partial charge on any atom is 0.235 e. The number of aromatic nitrogens is 1. The Kier molecular flexibility index (Phi) is 6.32. The number of allylic oxidation sites excluding steroid dienone is 1. The number of fused-ring (bicyclic) bond motifs is 7. The van der Waals surface area contributed by atoms with E-state index in [2.05, 4.69) is 58.8 Å². The second-order valence-electron chi connectivity index (χ2n) is 15.8. The van der Waals surface area contributed by atoms with Crippen molar-refractivity contribution in [3.63, 3.8) is 0 Å². The number of nitrogens with one attached hydrogen (secondary N) is 1. The van der Waals surface area contributed by atoms with Crippen LogP contribution in [-0.2, 0) is 9.59 Å². The Balaban J connectivity index is 1.42. The van der Waals surface area contributed by atoms with Gasteiger partial charge in [0.15, 0.2) is 5.78 Å². The number of carbonyl (C=O) groups excluding carboxylic acids is 2. The highest BCUT2D eigenvalue weighted by atomic mass is 16.3. The number of pyridine rings is 1. The summed E-state index contributed by atoms with van der Waals surface area (Å²) < 4.78 is 0. The van der Waals surface area contributed by atoms with Gasteiger partial charge in [-0.15, -0.1) is 0 Å². The molecule has 0 spiro atoms. The van der Waals surface area contributed by atoms with Crippen LogP contribution in [0.1, 0.15) is 106 Å². The molecular weight excluding hydrogens is 496 g/mol. The molecule has 0 radical (unpaired) electrons. The number of aliphatic hydroxyl groups is 1. The third-order valence-electron chi connectivity index (χ3n) is 13.8. The topological polar surface area (TPSA) is 79.3 Å². The highest BCUT2D eigenvalue weighted by Gasteiger charge is 2.70. The van der Waals surface area contributed by atoms with E-state index in [1.807, 2.05) is 12.1 Å². The first-order chi connectivity index (χ1) is 18.7. The molecule has 1 amide bonds. The third kappa shape index (κ3) is 3.51. The number of amides is 1. The SMILES string of the molecule is CC(C)C1=C2[C@H]3CC[C@@H]4[C@@]5(C)CC[C@H](O)C(C)(C)[C@@H]5CC[C@@]4(C)[C@]3(C)CC[C@@]2(C(=O)Nc2ccncc2)CC1=O. The van der Waals surface area contributed by atoms with Crippen LogP contribution in [0.3, 0.4) is 0 Å². The van der Waals surface area contributed by atoms with Gasteiger partial charge in [0.2, 0.25) is 5.91 Å². The van der Waals surface area contributed by atoms with E-state index < -0.39 is 5.41 Å². The number of hydrogen-bond acceptors (Lipinski definition) is 4. The third-order valence-corrected chi connectivity index (χ3v) is 13.8. The number of rotatable bonds is 3. The van der Waals surface area contributed by atoms with Crippen molar-refractivity contribution < 1.29 is 14.7 Å². The van der Waals surface area contributed by atoms with Gasteiger partial charge in [-0.05, 0) is 120 Å². The lowest BCUT2D eigenvalue weighted by atomic mass is 9.33. The molecule has 5 nitrogen and oxygen atoms in total. The van der Waals surface area contributed by atoms with Crippen LogP contribution in [0, 0.1) is 50.7 Å². The first-order valence-electron chi connectivity index (χ1n) is 15.9. The molecule has 4 saturated carbocycles. The van der Waals surface area contributed by atoms with Gasteiger partial charge in [-0.1, -0.05) is 48.5 Å². The minimum Gasteiger partial charge on any atom is -0.393 e. The minimum atomic E-state index is -0.745. The molecule has 1 aromatic heterocycles. The summed E-state index contributed by atoms with van der Waals surface area (Å²) in [5.74, 6) is 1.65. The van der Waals surface area contributed by atoms with Crippen LogP contribution in [0.25, 0.3) is 0 Å². The van der Waals surface area contributed by atoms with E-state index in [1.165, 1.54) is 5.57 Å². The molecule has 0 unspecified atom stereocenters. The molecule has 8 atom stereocenters. The van der Waals surface area contributed by atoms with Crippen molar-refractivity contribution in [2.45, 2.75) is 112 Å². The maximum absolute atomic E-state index is 14.2. The molecular formula is C35H50N2O3. The number of ketones is 1. The molecule has 5 heteroatoms. The molecule has 4 fully saturated rings. The van der Waals surface area contributed by atoms with Crippen molar-refractivity contribution in [1.82, 2.24) is 4.98 Å². The summed E-state index contributed by atoms with van der Waals surface area (Å²) in [5, 5.41) is 14.2. The van der Waals surface area contributed by atoms with Gasteiger partial charge in [-0.25, -0.2) is 0 Å². The summed E-state index contributed by atoms with van der Waals surface area (Å²) in [6, 6.07) is 3.66. The zero-order chi connectivity index (χ0) is 28.9. The fourth-order valence-electron chi connectivity index (χ4n) is 11.6. The molecule has 0 aliphatic heterocycles. The number of anilines is 1. The number of nitrogens with zero attached hydrogens (tertiary/aromatic N) is 1. The van der Waals surface area contributed by atoms with Crippen LogP contribution in [0.2, 0.25) is 0 Å². The fraction of sp³-hybridized carbons (Fsp3) is 0.743. The first kappa shape index (κ1) is 28.1. The first-order valence-corrected chi connectivity index (χ1v) is 15.9. The Bertz CT molecular complexity index is 1250. The molecule has 6 rings (SSSR count). The summed E-state index contributed by atoms with van der Waals surface area (Å²) in [5.41, 5.74) is 2.45. The van der Waals surface area contributed by atoms with Crippen LogP contribution in [0.5, 0.6) is 0 Å². The number of hydrogen-bond donors (Lipinski definition) is 2. The number of carbonyl (C=O) groups is 2. The zero-order valence-electron chi connectivity index (χ0n) is 25.8. The molecule has 1 heterocycles. The Morgan fingerprint density at radius 3 is 2.30 bits per heavy atom. The van der Waals surface area contributed by atoms with Crippen LogP contribution in [0.15, 0.2) is 35.7 Å². The summed E-state index contributed by atoms with van der Waals surface area (Å²) in [7, 11) is 0. The lowest BCUT2D eigenvalue weighted by Gasteiger charge is -2.72. The van der Waals surface area contributed by atoms with Crippen LogP contribution in [-0.4, -0.2) is 27.9 Å². The van der Waals surface area contributed by atoms with Gasteiger partial charge in [0.1, 0.15) is 0 Å². The van der Waals surface area contributed by atoms with E-state index in [4.69, 9.17) is 0 Å². The van der Waals surface area contributed by atoms with Gasteiger partial charge >= 0.3 is 0 Å². The number of aliphatic hydroxyl groups excluding tert-OH is 1. The summed E-state index contributed by atoms with van der Waals surface area (Å²) in [4.78, 5) is 32.1. The van der Waals surface area contributed by atoms with Gasteiger partial charge < -0.3 is 10.4 Å². The molecule has 0 bridgehead atoms. The predicted octanol–water partition coefficient (Wildman–Crippen LogP) is 7.36. The highest BCUT2D eigenvalue weighted by Crippen LogP contribution is 2.76. The molecule has 1 aromatic rings. The Hall–Kier alpha value is -2.01. The van der Waals surface area contributed by atoms with Crippen molar-refractivity contribution in [1.29, 1.82) is 0 Å². The van der Waals surface area contributed by atoms with Crippen LogP contribution >= 0.6 is 0 Å². The van der Waals surface area contributed by atoms with Crippen molar-refractivity contribution in [2.24, 2.45) is 50.7 Å². The predicted molar refractivity (Wildman–Crippen MR) is 158 cm³/mol. The zero-order valence-corrected chi connectivity index (χ0v) is 25.8. The molecule has 0 saturated heterocycles. The molecule has 5 aliphatic carbocycles. The maximum atomic E-state index is 14.2. The Morgan fingerprint density at radius 2 is 1.62 bits per heavy atom. The number of Topliss-reactive ketones (excluding diaryl/α,β-unsaturated/α-hetero) is 1. The van der Waals surface area contributed by atoms with E-state index in [-0.39, 0.29) is 51.3 Å². The molecule has 2 N–H and O–H groups in total. The quantitative estimate of drug-likeness (QED) is 0.415. The van der Waals surface area contributed by atoms with Crippen molar-refractivity contribution in [3.05, 3.63) is 35.7 Å². The Morgan fingerprint density at radius 1 is 0.925 bits per heavy atom. The normalized spacial score (nSPS) is 44.0. The summed E-state index contributed by atoms with van der Waals surface area (Å²) in [6.45, 7) is 16.5. The lowest BCUT2D eigenvalue weighted by Crippen LogP contribution is -2.66. The largest absolute Gasteiger partial charge is 0.393 e.